The maximum Gasteiger partial charge on any atom is 0.260 e. The van der Waals surface area contributed by atoms with Crippen molar-refractivity contribution in [2.24, 2.45) is 0 Å². The lowest BCUT2D eigenvalue weighted by molar-refractivity contribution is 0.0985. The Morgan fingerprint density at radius 2 is 1.87 bits per heavy atom. The molecule has 0 unspecified atom stereocenters. The molecule has 152 valence electrons. The summed E-state index contributed by atoms with van der Waals surface area (Å²) in [5.74, 6) is 0.650. The molecule has 7 heteroatoms. The van der Waals surface area contributed by atoms with E-state index in [-0.39, 0.29) is 5.91 Å². The van der Waals surface area contributed by atoms with Gasteiger partial charge in [0.1, 0.15) is 5.75 Å². The van der Waals surface area contributed by atoms with Crippen LogP contribution in [0.3, 0.4) is 0 Å². The monoisotopic (exact) mass is 418 g/mol. The number of anilines is 2. The van der Waals surface area contributed by atoms with Gasteiger partial charge in [-0.15, -0.1) is 0 Å². The topological polar surface area (TPSA) is 58.6 Å². The molecular formula is C23H22N4O2S. The minimum absolute atomic E-state index is 0.114. The average Bonchev–Trinajstić information content (AvgIpc) is 3.20. The number of pyridine rings is 1. The van der Waals surface area contributed by atoms with Crippen LogP contribution in [0.4, 0.5) is 10.8 Å². The van der Waals surface area contributed by atoms with E-state index in [0.29, 0.717) is 17.2 Å². The van der Waals surface area contributed by atoms with Crippen molar-refractivity contribution in [3.05, 3.63) is 78.1 Å². The summed E-state index contributed by atoms with van der Waals surface area (Å²) < 4.78 is 6.28. The average molecular weight is 419 g/mol. The maximum absolute atomic E-state index is 13.5. The van der Waals surface area contributed by atoms with E-state index in [1.54, 1.807) is 18.2 Å². The highest BCUT2D eigenvalue weighted by molar-refractivity contribution is 7.22. The number of ether oxygens (including phenoxy) is 1. The number of nitrogens with zero attached hydrogens (tertiary/aromatic N) is 4. The summed E-state index contributed by atoms with van der Waals surface area (Å²) in [4.78, 5) is 26.2. The summed E-state index contributed by atoms with van der Waals surface area (Å²) in [7, 11) is 5.58. The molecule has 4 rings (SSSR count). The van der Waals surface area contributed by atoms with E-state index in [0.717, 1.165) is 27.3 Å². The SMILES string of the molecule is COc1ccc2nc(N(Cc3ccccn3)C(=O)c3ccc(N(C)C)cc3)sc2c1. The van der Waals surface area contributed by atoms with E-state index in [2.05, 4.69) is 4.98 Å². The molecule has 0 aliphatic heterocycles. The van der Waals surface area contributed by atoms with Crippen LogP contribution >= 0.6 is 11.3 Å². The Labute approximate surface area is 179 Å². The van der Waals surface area contributed by atoms with Crippen LogP contribution < -0.4 is 14.5 Å². The van der Waals surface area contributed by atoms with Gasteiger partial charge in [0.05, 0.1) is 29.6 Å². The highest BCUT2D eigenvalue weighted by Crippen LogP contribution is 2.33. The summed E-state index contributed by atoms with van der Waals surface area (Å²) in [6.45, 7) is 0.339. The van der Waals surface area contributed by atoms with Gasteiger partial charge in [-0.3, -0.25) is 14.7 Å². The molecule has 0 radical (unpaired) electrons. The van der Waals surface area contributed by atoms with E-state index in [1.165, 1.54) is 11.3 Å². The molecule has 1 amide bonds. The Kier molecular flexibility index (Phi) is 5.63. The van der Waals surface area contributed by atoms with Crippen LogP contribution in [0.25, 0.3) is 10.2 Å². The van der Waals surface area contributed by atoms with Crippen LogP contribution in [-0.2, 0) is 6.54 Å². The number of aromatic nitrogens is 2. The maximum atomic E-state index is 13.5. The molecule has 0 N–H and O–H groups in total. The van der Waals surface area contributed by atoms with Gasteiger partial charge in [0, 0.05) is 31.5 Å². The Balaban J connectivity index is 1.73. The quantitative estimate of drug-likeness (QED) is 0.458. The van der Waals surface area contributed by atoms with Crippen molar-refractivity contribution in [1.82, 2.24) is 9.97 Å². The summed E-state index contributed by atoms with van der Waals surface area (Å²) in [6, 6.07) is 19.0. The number of methoxy groups -OCH3 is 1. The summed E-state index contributed by atoms with van der Waals surface area (Å²) in [6.07, 6.45) is 1.73. The number of fused-ring (bicyclic) bond motifs is 1. The fraction of sp³-hybridized carbons (Fsp3) is 0.174. The first kappa shape index (κ1) is 19.8. The first-order chi connectivity index (χ1) is 14.5. The number of hydrogen-bond donors (Lipinski definition) is 0. The van der Waals surface area contributed by atoms with Crippen LogP contribution in [-0.4, -0.2) is 37.1 Å². The molecule has 2 aromatic carbocycles. The highest BCUT2D eigenvalue weighted by Gasteiger charge is 2.22. The van der Waals surface area contributed by atoms with E-state index in [9.17, 15) is 4.79 Å². The zero-order valence-corrected chi connectivity index (χ0v) is 17.9. The van der Waals surface area contributed by atoms with Crippen LogP contribution in [0.2, 0.25) is 0 Å². The van der Waals surface area contributed by atoms with Crippen molar-refractivity contribution in [3.8, 4) is 5.75 Å². The van der Waals surface area contributed by atoms with E-state index in [4.69, 9.17) is 9.72 Å². The predicted octanol–water partition coefficient (Wildman–Crippen LogP) is 4.61. The fourth-order valence-corrected chi connectivity index (χ4v) is 4.06. The fourth-order valence-electron chi connectivity index (χ4n) is 3.07. The zero-order valence-electron chi connectivity index (χ0n) is 17.1. The van der Waals surface area contributed by atoms with Gasteiger partial charge in [0.2, 0.25) is 0 Å². The number of amides is 1. The third-order valence-corrected chi connectivity index (χ3v) is 5.78. The lowest BCUT2D eigenvalue weighted by Gasteiger charge is -2.20. The van der Waals surface area contributed by atoms with Gasteiger partial charge in [-0.1, -0.05) is 17.4 Å². The molecule has 6 nitrogen and oxygen atoms in total. The molecule has 0 saturated carbocycles. The standard InChI is InChI=1S/C23H22N4O2S/c1-26(2)18-9-7-16(8-10-18)22(28)27(15-17-6-4-5-13-24-17)23-25-20-12-11-19(29-3)14-21(20)30-23/h4-14H,15H2,1-3H3. The molecule has 4 aromatic rings. The van der Waals surface area contributed by atoms with Crippen molar-refractivity contribution < 1.29 is 9.53 Å². The van der Waals surface area contributed by atoms with Gasteiger partial charge >= 0.3 is 0 Å². The second kappa shape index (κ2) is 8.51. The minimum Gasteiger partial charge on any atom is -0.497 e. The Hall–Kier alpha value is -3.45. The normalized spacial score (nSPS) is 10.8. The smallest absolute Gasteiger partial charge is 0.260 e. The number of benzene rings is 2. The van der Waals surface area contributed by atoms with Crippen LogP contribution in [0.5, 0.6) is 5.75 Å². The van der Waals surface area contributed by atoms with Gasteiger partial charge < -0.3 is 9.64 Å². The van der Waals surface area contributed by atoms with Gasteiger partial charge in [-0.2, -0.15) is 0 Å². The second-order valence-electron chi connectivity index (χ2n) is 6.98. The molecule has 0 saturated heterocycles. The van der Waals surface area contributed by atoms with E-state index < -0.39 is 0 Å². The molecule has 2 heterocycles. The number of hydrogen-bond acceptors (Lipinski definition) is 6. The van der Waals surface area contributed by atoms with Crippen LogP contribution in [0.1, 0.15) is 16.1 Å². The number of rotatable bonds is 6. The minimum atomic E-state index is -0.114. The lowest BCUT2D eigenvalue weighted by Crippen LogP contribution is -2.30. The van der Waals surface area contributed by atoms with Gasteiger partial charge in [0.25, 0.3) is 5.91 Å². The molecule has 0 atom stereocenters. The predicted molar refractivity (Wildman–Crippen MR) is 122 cm³/mol. The van der Waals surface area contributed by atoms with Crippen molar-refractivity contribution in [2.45, 2.75) is 6.54 Å². The molecule has 0 bridgehead atoms. The van der Waals surface area contributed by atoms with Crippen molar-refractivity contribution in [3.63, 3.8) is 0 Å². The summed E-state index contributed by atoms with van der Waals surface area (Å²) in [5.41, 5.74) is 3.27. The van der Waals surface area contributed by atoms with Gasteiger partial charge in [0.15, 0.2) is 5.13 Å². The Bertz CT molecular complexity index is 1160. The van der Waals surface area contributed by atoms with Crippen molar-refractivity contribution >= 4 is 38.3 Å². The Morgan fingerprint density at radius 3 is 2.53 bits per heavy atom. The molecular weight excluding hydrogens is 396 g/mol. The number of thiazole rings is 1. The molecule has 0 aliphatic carbocycles. The molecule has 0 aliphatic rings. The third kappa shape index (κ3) is 4.11. The van der Waals surface area contributed by atoms with Gasteiger partial charge in [-0.25, -0.2) is 4.98 Å². The van der Waals surface area contributed by atoms with E-state index in [1.807, 2.05) is 79.7 Å². The second-order valence-corrected chi connectivity index (χ2v) is 7.99. The lowest BCUT2D eigenvalue weighted by atomic mass is 10.1. The first-order valence-electron chi connectivity index (χ1n) is 9.49. The highest BCUT2D eigenvalue weighted by atomic mass is 32.1. The van der Waals surface area contributed by atoms with Crippen LogP contribution in [0, 0.1) is 0 Å². The largest absolute Gasteiger partial charge is 0.497 e. The van der Waals surface area contributed by atoms with E-state index >= 15 is 0 Å². The van der Waals surface area contributed by atoms with Gasteiger partial charge in [-0.05, 0) is 54.6 Å². The molecule has 2 aromatic heterocycles. The van der Waals surface area contributed by atoms with Crippen LogP contribution in [0.15, 0.2) is 66.9 Å². The number of carbonyl (C=O) groups excluding carboxylic acids is 1. The first-order valence-corrected chi connectivity index (χ1v) is 10.3. The third-order valence-electron chi connectivity index (χ3n) is 4.74. The van der Waals surface area contributed by atoms with Crippen molar-refractivity contribution in [1.29, 1.82) is 0 Å². The summed E-state index contributed by atoms with van der Waals surface area (Å²) in [5, 5.41) is 0.630. The zero-order chi connectivity index (χ0) is 21.1. The molecule has 30 heavy (non-hydrogen) atoms. The number of carbonyl (C=O) groups is 1. The molecule has 0 spiro atoms. The Morgan fingerprint density at radius 1 is 1.07 bits per heavy atom. The molecule has 0 fully saturated rings. The summed E-state index contributed by atoms with van der Waals surface area (Å²) >= 11 is 1.46. The van der Waals surface area contributed by atoms with Crippen molar-refractivity contribution in [2.75, 3.05) is 31.0 Å².